The fourth-order valence-corrected chi connectivity index (χ4v) is 3.17. The summed E-state index contributed by atoms with van der Waals surface area (Å²) in [6, 6.07) is 9.89. The molecular weight excluding hydrogens is 212 g/mol. The van der Waals surface area contributed by atoms with Crippen molar-refractivity contribution in [2.45, 2.75) is 18.5 Å². The van der Waals surface area contributed by atoms with Gasteiger partial charge in [-0.3, -0.25) is 4.90 Å². The second-order valence-corrected chi connectivity index (χ2v) is 4.88. The summed E-state index contributed by atoms with van der Waals surface area (Å²) in [5.41, 5.74) is 2.98. The molecular formula is C14H20N2O. The molecule has 1 N–H and O–H groups in total. The third-order valence-electron chi connectivity index (χ3n) is 4.03. The number of fused-ring (bicyclic) bond motifs is 1. The topological polar surface area (TPSA) is 24.5 Å². The van der Waals surface area contributed by atoms with E-state index in [1.807, 2.05) is 0 Å². The fourth-order valence-electron chi connectivity index (χ4n) is 3.17. The number of nitrogens with zero attached hydrogens (tertiary/aromatic N) is 1. The Morgan fingerprint density at radius 2 is 2.00 bits per heavy atom. The number of rotatable bonds is 2. The standard InChI is InChI=1S/C14H20N2O/c1-15-14-12-5-3-2-4-11(12)10-13(14)16-6-8-17-9-7-16/h2-5,13-15H,6-10H2,1H3. The van der Waals surface area contributed by atoms with E-state index < -0.39 is 0 Å². The van der Waals surface area contributed by atoms with Crippen LogP contribution in [0.5, 0.6) is 0 Å². The second-order valence-electron chi connectivity index (χ2n) is 4.88. The van der Waals surface area contributed by atoms with Gasteiger partial charge in [-0.25, -0.2) is 0 Å². The molecule has 92 valence electrons. The van der Waals surface area contributed by atoms with Crippen LogP contribution >= 0.6 is 0 Å². The SMILES string of the molecule is CNC1c2ccccc2CC1N1CCOCC1. The summed E-state index contributed by atoms with van der Waals surface area (Å²) in [6.45, 7) is 3.89. The van der Waals surface area contributed by atoms with Crippen molar-refractivity contribution in [3.63, 3.8) is 0 Å². The van der Waals surface area contributed by atoms with Crippen LogP contribution in [0, 0.1) is 0 Å². The van der Waals surface area contributed by atoms with E-state index in [9.17, 15) is 0 Å². The van der Waals surface area contributed by atoms with Gasteiger partial charge in [-0.05, 0) is 24.6 Å². The Morgan fingerprint density at radius 3 is 2.76 bits per heavy atom. The molecule has 0 bridgehead atoms. The quantitative estimate of drug-likeness (QED) is 0.829. The number of likely N-dealkylation sites (N-methyl/N-ethyl adjacent to an activating group) is 1. The van der Waals surface area contributed by atoms with Crippen molar-refractivity contribution in [3.8, 4) is 0 Å². The van der Waals surface area contributed by atoms with Crippen LogP contribution in [0.3, 0.4) is 0 Å². The number of benzene rings is 1. The Labute approximate surface area is 103 Å². The Kier molecular flexibility index (Phi) is 3.14. The van der Waals surface area contributed by atoms with Crippen LogP contribution in [0.15, 0.2) is 24.3 Å². The van der Waals surface area contributed by atoms with Gasteiger partial charge in [0, 0.05) is 25.2 Å². The maximum atomic E-state index is 5.44. The van der Waals surface area contributed by atoms with Crippen molar-refractivity contribution in [2.24, 2.45) is 0 Å². The summed E-state index contributed by atoms with van der Waals surface area (Å²) >= 11 is 0. The summed E-state index contributed by atoms with van der Waals surface area (Å²) in [7, 11) is 2.07. The second kappa shape index (κ2) is 4.77. The molecule has 3 nitrogen and oxygen atoms in total. The smallest absolute Gasteiger partial charge is 0.0594 e. The third kappa shape index (κ3) is 1.99. The molecule has 0 spiro atoms. The van der Waals surface area contributed by atoms with E-state index in [1.165, 1.54) is 17.5 Å². The minimum absolute atomic E-state index is 0.476. The molecule has 1 saturated heterocycles. The van der Waals surface area contributed by atoms with E-state index >= 15 is 0 Å². The first-order valence-corrected chi connectivity index (χ1v) is 6.47. The molecule has 0 radical (unpaired) electrons. The van der Waals surface area contributed by atoms with Gasteiger partial charge in [0.15, 0.2) is 0 Å². The molecule has 3 rings (SSSR count). The molecule has 1 aliphatic heterocycles. The van der Waals surface area contributed by atoms with Crippen molar-refractivity contribution >= 4 is 0 Å². The minimum atomic E-state index is 0.476. The lowest BCUT2D eigenvalue weighted by Crippen LogP contribution is -2.47. The molecule has 2 unspecified atom stereocenters. The van der Waals surface area contributed by atoms with Crippen molar-refractivity contribution in [3.05, 3.63) is 35.4 Å². The zero-order valence-electron chi connectivity index (χ0n) is 10.4. The van der Waals surface area contributed by atoms with Crippen LogP contribution in [0.25, 0.3) is 0 Å². The molecule has 1 aromatic carbocycles. The normalized spacial score (nSPS) is 29.2. The lowest BCUT2D eigenvalue weighted by molar-refractivity contribution is 0.0113. The van der Waals surface area contributed by atoms with Crippen molar-refractivity contribution in [1.29, 1.82) is 0 Å². The first-order chi connectivity index (χ1) is 8.40. The zero-order chi connectivity index (χ0) is 11.7. The Bertz CT molecular complexity index is 388. The highest BCUT2D eigenvalue weighted by Crippen LogP contribution is 2.34. The number of nitrogens with one attached hydrogen (secondary N) is 1. The lowest BCUT2D eigenvalue weighted by Gasteiger charge is -2.35. The number of hydrogen-bond donors (Lipinski definition) is 1. The molecule has 1 aromatic rings. The number of ether oxygens (including phenoxy) is 1. The summed E-state index contributed by atoms with van der Waals surface area (Å²) in [4.78, 5) is 2.57. The first-order valence-electron chi connectivity index (χ1n) is 6.47. The number of morpholine rings is 1. The number of hydrogen-bond acceptors (Lipinski definition) is 3. The zero-order valence-corrected chi connectivity index (χ0v) is 10.4. The van der Waals surface area contributed by atoms with Gasteiger partial charge in [-0.1, -0.05) is 24.3 Å². The van der Waals surface area contributed by atoms with Gasteiger partial charge in [0.1, 0.15) is 0 Å². The molecule has 0 amide bonds. The monoisotopic (exact) mass is 232 g/mol. The molecule has 0 aromatic heterocycles. The van der Waals surface area contributed by atoms with Crippen LogP contribution in [0.1, 0.15) is 17.2 Å². The van der Waals surface area contributed by atoms with Crippen LogP contribution in [-0.2, 0) is 11.2 Å². The average Bonchev–Trinajstić information content (AvgIpc) is 2.78. The molecule has 2 atom stereocenters. The van der Waals surface area contributed by atoms with Crippen molar-refractivity contribution < 1.29 is 4.74 Å². The van der Waals surface area contributed by atoms with Gasteiger partial charge < -0.3 is 10.1 Å². The van der Waals surface area contributed by atoms with E-state index in [0.29, 0.717) is 12.1 Å². The van der Waals surface area contributed by atoms with Gasteiger partial charge >= 0.3 is 0 Å². The van der Waals surface area contributed by atoms with E-state index in [1.54, 1.807) is 0 Å². The maximum absolute atomic E-state index is 5.44. The summed E-state index contributed by atoms with van der Waals surface area (Å²) in [5.74, 6) is 0. The average molecular weight is 232 g/mol. The summed E-state index contributed by atoms with van der Waals surface area (Å²) in [5, 5.41) is 3.49. The molecule has 3 heteroatoms. The molecule has 1 heterocycles. The van der Waals surface area contributed by atoms with Crippen LogP contribution < -0.4 is 5.32 Å². The van der Waals surface area contributed by atoms with E-state index in [2.05, 4.69) is 41.5 Å². The highest BCUT2D eigenvalue weighted by Gasteiger charge is 2.35. The fraction of sp³-hybridized carbons (Fsp3) is 0.571. The highest BCUT2D eigenvalue weighted by molar-refractivity contribution is 5.37. The predicted molar refractivity (Wildman–Crippen MR) is 68.1 cm³/mol. The lowest BCUT2D eigenvalue weighted by atomic mass is 10.1. The van der Waals surface area contributed by atoms with Gasteiger partial charge in [-0.2, -0.15) is 0 Å². The van der Waals surface area contributed by atoms with Crippen molar-refractivity contribution in [2.75, 3.05) is 33.4 Å². The maximum Gasteiger partial charge on any atom is 0.0594 e. The molecule has 17 heavy (non-hydrogen) atoms. The molecule has 0 saturated carbocycles. The van der Waals surface area contributed by atoms with Gasteiger partial charge in [0.2, 0.25) is 0 Å². The molecule has 1 aliphatic carbocycles. The third-order valence-corrected chi connectivity index (χ3v) is 4.03. The van der Waals surface area contributed by atoms with Crippen LogP contribution in [0.2, 0.25) is 0 Å². The Morgan fingerprint density at radius 1 is 1.24 bits per heavy atom. The van der Waals surface area contributed by atoms with Gasteiger partial charge in [0.25, 0.3) is 0 Å². The minimum Gasteiger partial charge on any atom is -0.379 e. The highest BCUT2D eigenvalue weighted by atomic mass is 16.5. The van der Waals surface area contributed by atoms with Crippen LogP contribution in [-0.4, -0.2) is 44.3 Å². The largest absolute Gasteiger partial charge is 0.379 e. The van der Waals surface area contributed by atoms with Crippen molar-refractivity contribution in [1.82, 2.24) is 10.2 Å². The Balaban J connectivity index is 1.83. The van der Waals surface area contributed by atoms with E-state index in [-0.39, 0.29) is 0 Å². The van der Waals surface area contributed by atoms with Gasteiger partial charge in [-0.15, -0.1) is 0 Å². The van der Waals surface area contributed by atoms with Crippen LogP contribution in [0.4, 0.5) is 0 Å². The Hall–Kier alpha value is -0.900. The van der Waals surface area contributed by atoms with Gasteiger partial charge in [0.05, 0.1) is 13.2 Å². The van der Waals surface area contributed by atoms with E-state index in [4.69, 9.17) is 4.74 Å². The van der Waals surface area contributed by atoms with E-state index in [0.717, 1.165) is 26.3 Å². The molecule has 1 fully saturated rings. The predicted octanol–water partition coefficient (Wildman–Crippen LogP) is 1.20. The molecule has 2 aliphatic rings. The first kappa shape index (κ1) is 11.2. The summed E-state index contributed by atoms with van der Waals surface area (Å²) in [6.07, 6.45) is 1.17. The summed E-state index contributed by atoms with van der Waals surface area (Å²) < 4.78 is 5.44.